The summed E-state index contributed by atoms with van der Waals surface area (Å²) < 4.78 is 0.262. The molecule has 0 N–H and O–H groups in total. The quantitative estimate of drug-likeness (QED) is 0.257. The second-order valence-electron chi connectivity index (χ2n) is 10.9. The van der Waals surface area contributed by atoms with Crippen molar-refractivity contribution in [1.82, 2.24) is 0 Å². The van der Waals surface area contributed by atoms with Gasteiger partial charge < -0.3 is 0 Å². The minimum absolute atomic E-state index is 0.131. The van der Waals surface area contributed by atoms with E-state index in [-0.39, 0.29) is 7.35 Å². The molecule has 2 unspecified atom stereocenters. The van der Waals surface area contributed by atoms with Gasteiger partial charge in [-0.15, -0.1) is 0 Å². The first-order chi connectivity index (χ1) is 16.0. The zero-order valence-electron chi connectivity index (χ0n) is 21.2. The molecule has 2 aromatic carbocycles. The Morgan fingerprint density at radius 1 is 0.647 bits per heavy atom. The molecule has 0 radical (unpaired) electrons. The van der Waals surface area contributed by atoms with Crippen LogP contribution in [0.15, 0.2) is 96.1 Å². The van der Waals surface area contributed by atoms with Crippen LogP contribution in [0.3, 0.4) is 0 Å². The van der Waals surface area contributed by atoms with Crippen molar-refractivity contribution in [3.8, 4) is 0 Å². The predicted octanol–water partition coefficient (Wildman–Crippen LogP) is 9.90. The van der Waals surface area contributed by atoms with E-state index in [9.17, 15) is 0 Å². The Balaban J connectivity index is 1.95. The van der Waals surface area contributed by atoms with E-state index in [2.05, 4.69) is 126 Å². The van der Waals surface area contributed by atoms with E-state index in [1.165, 1.54) is 33.4 Å². The second-order valence-corrected chi connectivity index (χ2v) is 70.5. The summed E-state index contributed by atoms with van der Waals surface area (Å²) >= 11 is -4.70. The topological polar surface area (TPSA) is 0 Å². The van der Waals surface area contributed by atoms with Gasteiger partial charge in [0.2, 0.25) is 0 Å². The molecule has 0 fully saturated rings. The van der Waals surface area contributed by atoms with Crippen LogP contribution in [0.2, 0.25) is 20.4 Å². The van der Waals surface area contributed by atoms with Gasteiger partial charge in [-0.2, -0.15) is 0 Å². The fraction of sp³-hybridized carbons (Fsp3) is 0.333. The summed E-state index contributed by atoms with van der Waals surface area (Å²) in [5.41, 5.74) is 7.94. The Bertz CT molecular complexity index is 1080. The molecule has 2 aromatic rings. The molecule has 179 valence electrons. The summed E-state index contributed by atoms with van der Waals surface area (Å²) in [6.07, 6.45) is 9.74. The number of allylic oxidation sites excluding steroid dienone is 8. The Kier molecular flexibility index (Phi) is 7.57. The van der Waals surface area contributed by atoms with Crippen molar-refractivity contribution in [2.45, 2.75) is 48.1 Å². The standard InChI is InChI=1S/2C14H15.C2H7Si.2ClH.Hf/c2*1-11(2)13-8-9-14(10-13)12-6-4-3-5-7-12;1-3-2;;;/h2*3-11H,1-2H3;3H,1-2H3;2*1H;/q;;;;;+2/p-2. The molecule has 0 aliphatic heterocycles. The van der Waals surface area contributed by atoms with Gasteiger partial charge in [0.15, 0.2) is 0 Å². The number of rotatable bonds is 7. The fourth-order valence-electron chi connectivity index (χ4n) is 5.53. The molecule has 0 heterocycles. The Labute approximate surface area is 215 Å². The molecule has 2 atom stereocenters. The van der Waals surface area contributed by atoms with Gasteiger partial charge in [0.05, 0.1) is 0 Å². The van der Waals surface area contributed by atoms with E-state index >= 15 is 0 Å². The van der Waals surface area contributed by atoms with Crippen LogP contribution < -0.4 is 0 Å². The number of hydrogen-bond acceptors (Lipinski definition) is 0. The average Bonchev–Trinajstić information content (AvgIpc) is 3.47. The van der Waals surface area contributed by atoms with Crippen LogP contribution >= 0.6 is 17.2 Å². The van der Waals surface area contributed by atoms with Gasteiger partial charge in [-0.05, 0) is 0 Å². The molecule has 0 aromatic heterocycles. The Hall–Kier alpha value is -0.933. The fourth-order valence-corrected chi connectivity index (χ4v) is 44.0. The van der Waals surface area contributed by atoms with Gasteiger partial charge >= 0.3 is 217 Å². The van der Waals surface area contributed by atoms with Gasteiger partial charge in [0.25, 0.3) is 0 Å². The Morgan fingerprint density at radius 3 is 1.29 bits per heavy atom. The molecule has 0 nitrogen and oxygen atoms in total. The first kappa shape index (κ1) is 26.1. The summed E-state index contributed by atoms with van der Waals surface area (Å²) in [6.45, 7) is 13.9. The molecular weight excluding hydrogens is 638 g/mol. The van der Waals surface area contributed by atoms with E-state index in [0.29, 0.717) is 11.8 Å². The summed E-state index contributed by atoms with van der Waals surface area (Å²) in [4.78, 5) is 0. The molecule has 0 saturated carbocycles. The van der Waals surface area contributed by atoms with Crippen LogP contribution in [0.5, 0.6) is 0 Å². The van der Waals surface area contributed by atoms with Crippen molar-refractivity contribution < 1.29 is 15.3 Å². The first-order valence-electron chi connectivity index (χ1n) is 12.6. The van der Waals surface area contributed by atoms with Crippen LogP contribution in [-0.2, 0) is 15.3 Å². The third-order valence-corrected chi connectivity index (χ3v) is 80.8. The molecule has 0 amide bonds. The summed E-state index contributed by atoms with van der Waals surface area (Å²) in [7, 11) is 16.5. The van der Waals surface area contributed by atoms with Gasteiger partial charge in [-0.3, -0.25) is 0 Å². The maximum atomic E-state index is 8.25. The van der Waals surface area contributed by atoms with E-state index < -0.39 is 21.3 Å². The van der Waals surface area contributed by atoms with E-state index in [4.69, 9.17) is 17.2 Å². The van der Waals surface area contributed by atoms with E-state index in [1.807, 2.05) is 0 Å². The first-order valence-corrected chi connectivity index (χ1v) is 34.7. The van der Waals surface area contributed by atoms with Crippen LogP contribution in [-0.4, -0.2) is 5.98 Å². The normalized spacial score (nSPS) is 21.9. The van der Waals surface area contributed by atoms with Crippen LogP contribution in [0, 0.1) is 11.8 Å². The van der Waals surface area contributed by atoms with Crippen molar-refractivity contribution >= 4 is 34.3 Å². The molecular formula is C30H37Cl2HfSi. The monoisotopic (exact) mass is 675 g/mol. The summed E-state index contributed by atoms with van der Waals surface area (Å²) in [6, 6.07) is 21.6. The number of halogens is 2. The number of benzene rings is 2. The zero-order chi connectivity index (χ0) is 24.7. The van der Waals surface area contributed by atoms with E-state index in [0.717, 1.165) is 0 Å². The summed E-state index contributed by atoms with van der Waals surface area (Å²) in [5, 5.41) is 0. The Morgan fingerprint density at radius 2 is 1.00 bits per heavy atom. The van der Waals surface area contributed by atoms with Crippen LogP contribution in [0.1, 0.15) is 38.8 Å². The van der Waals surface area contributed by atoms with Crippen LogP contribution in [0.4, 0.5) is 0 Å². The zero-order valence-corrected chi connectivity index (χ0v) is 27.5. The SMILES string of the molecule is CC(C)C1=C[CH]([Hf]([Cl])([Cl])([CH]2C=C(C(C)C)C=C2c2ccccc2)[SiH](C)C)C(c2ccccc2)=C1. The van der Waals surface area contributed by atoms with Gasteiger partial charge in [0.1, 0.15) is 0 Å². The van der Waals surface area contributed by atoms with Crippen molar-refractivity contribution in [2.24, 2.45) is 11.8 Å². The summed E-state index contributed by atoms with van der Waals surface area (Å²) in [5.74, 6) is -0.593. The minimum atomic E-state index is -4.70. The van der Waals surface area contributed by atoms with Crippen molar-refractivity contribution in [1.29, 1.82) is 0 Å². The number of hydrogen-bond donors (Lipinski definition) is 0. The third kappa shape index (κ3) is 4.49. The van der Waals surface area contributed by atoms with Gasteiger partial charge in [0, 0.05) is 0 Å². The molecule has 0 spiro atoms. The molecule has 2 aliphatic rings. The second kappa shape index (κ2) is 9.85. The molecule has 34 heavy (non-hydrogen) atoms. The third-order valence-electron chi connectivity index (χ3n) is 7.87. The van der Waals surface area contributed by atoms with E-state index in [1.54, 1.807) is 0 Å². The molecule has 2 aliphatic carbocycles. The van der Waals surface area contributed by atoms with Gasteiger partial charge in [-0.1, -0.05) is 0 Å². The average molecular weight is 675 g/mol. The van der Waals surface area contributed by atoms with Crippen molar-refractivity contribution in [2.75, 3.05) is 0 Å². The van der Waals surface area contributed by atoms with Crippen molar-refractivity contribution in [3.05, 3.63) is 107 Å². The molecule has 4 heteroatoms. The van der Waals surface area contributed by atoms with Crippen LogP contribution in [0.25, 0.3) is 11.1 Å². The predicted molar refractivity (Wildman–Crippen MR) is 153 cm³/mol. The van der Waals surface area contributed by atoms with Crippen molar-refractivity contribution in [3.63, 3.8) is 0 Å². The van der Waals surface area contributed by atoms with Gasteiger partial charge in [-0.25, -0.2) is 0 Å². The maximum absolute atomic E-state index is 8.25. The molecule has 0 bridgehead atoms. The molecule has 0 saturated heterocycles. The molecule has 4 rings (SSSR count).